The number of aryl methyl sites for hydroxylation is 2. The van der Waals surface area contributed by atoms with Crippen LogP contribution in [0.4, 0.5) is 0 Å². The lowest BCUT2D eigenvalue weighted by Crippen LogP contribution is -2.30. The van der Waals surface area contributed by atoms with Gasteiger partial charge in [0.25, 0.3) is 0 Å². The van der Waals surface area contributed by atoms with Gasteiger partial charge in [-0.3, -0.25) is 4.90 Å². The van der Waals surface area contributed by atoms with Gasteiger partial charge in [-0.2, -0.15) is 0 Å². The van der Waals surface area contributed by atoms with Gasteiger partial charge >= 0.3 is 0 Å². The van der Waals surface area contributed by atoms with E-state index in [1.807, 2.05) is 6.07 Å². The maximum Gasteiger partial charge on any atom is 0.203 e. The molecule has 1 atom stereocenters. The minimum absolute atomic E-state index is 0.0542. The fourth-order valence-electron chi connectivity index (χ4n) is 4.43. The van der Waals surface area contributed by atoms with E-state index in [1.165, 1.54) is 16.8 Å². The van der Waals surface area contributed by atoms with Crippen LogP contribution in [-0.2, 0) is 13.1 Å². The molecule has 0 unspecified atom stereocenters. The van der Waals surface area contributed by atoms with Gasteiger partial charge in [-0.25, -0.2) is 0 Å². The van der Waals surface area contributed by atoms with Crippen molar-refractivity contribution in [1.29, 1.82) is 0 Å². The quantitative estimate of drug-likeness (QED) is 0.588. The third-order valence-electron chi connectivity index (χ3n) is 5.89. The van der Waals surface area contributed by atoms with Gasteiger partial charge in [0.15, 0.2) is 11.5 Å². The van der Waals surface area contributed by atoms with E-state index < -0.39 is 0 Å². The summed E-state index contributed by atoms with van der Waals surface area (Å²) < 4.78 is 19.4. The summed E-state index contributed by atoms with van der Waals surface area (Å²) in [7, 11) is 5.00. The third kappa shape index (κ3) is 3.77. The molecule has 2 heterocycles. The van der Waals surface area contributed by atoms with E-state index in [9.17, 15) is 0 Å². The van der Waals surface area contributed by atoms with Crippen LogP contribution < -0.4 is 14.2 Å². The zero-order valence-corrected chi connectivity index (χ0v) is 18.2. The molecule has 0 saturated heterocycles. The summed E-state index contributed by atoms with van der Waals surface area (Å²) in [6.45, 7) is 5.00. The summed E-state index contributed by atoms with van der Waals surface area (Å²) in [5, 5.41) is 0. The van der Waals surface area contributed by atoms with E-state index in [0.717, 1.165) is 37.4 Å². The highest BCUT2D eigenvalue weighted by Crippen LogP contribution is 2.46. The minimum Gasteiger partial charge on any atom is -0.493 e. The Balaban J connectivity index is 1.83. The van der Waals surface area contributed by atoms with Crippen molar-refractivity contribution in [2.75, 3.05) is 27.9 Å². The van der Waals surface area contributed by atoms with Gasteiger partial charge in [0.05, 0.1) is 27.4 Å². The number of ether oxygens (including phenoxy) is 3. The van der Waals surface area contributed by atoms with Crippen LogP contribution in [0.1, 0.15) is 34.8 Å². The zero-order chi connectivity index (χ0) is 21.1. The molecule has 0 spiro atoms. The molecule has 0 amide bonds. The maximum atomic E-state index is 5.87. The molecule has 1 aliphatic rings. The molecular formula is C25H30N2O3. The average molecular weight is 407 g/mol. The van der Waals surface area contributed by atoms with E-state index >= 15 is 0 Å². The Bertz CT molecular complexity index is 994. The first kappa shape index (κ1) is 20.4. The summed E-state index contributed by atoms with van der Waals surface area (Å²) in [4.78, 5) is 2.53. The lowest BCUT2D eigenvalue weighted by atomic mass is 9.98. The third-order valence-corrected chi connectivity index (χ3v) is 5.89. The van der Waals surface area contributed by atoms with Gasteiger partial charge in [0.1, 0.15) is 0 Å². The van der Waals surface area contributed by atoms with Crippen LogP contribution in [0, 0.1) is 6.92 Å². The average Bonchev–Trinajstić information content (AvgIpc) is 3.16. The van der Waals surface area contributed by atoms with Crippen molar-refractivity contribution in [3.63, 3.8) is 0 Å². The fraction of sp³-hybridized carbons (Fsp3) is 0.360. The Kier molecular flexibility index (Phi) is 6.00. The largest absolute Gasteiger partial charge is 0.493 e. The number of nitrogens with zero attached hydrogens (tertiary/aromatic N) is 2. The monoisotopic (exact) mass is 406 g/mol. The summed E-state index contributed by atoms with van der Waals surface area (Å²) in [6, 6.07) is 17.3. The van der Waals surface area contributed by atoms with Crippen molar-refractivity contribution < 1.29 is 14.2 Å². The Hall–Kier alpha value is -2.92. The topological polar surface area (TPSA) is 35.9 Å². The Morgan fingerprint density at radius 1 is 0.867 bits per heavy atom. The molecule has 158 valence electrons. The van der Waals surface area contributed by atoms with Gasteiger partial charge in [-0.05, 0) is 43.2 Å². The van der Waals surface area contributed by atoms with Crippen LogP contribution in [0.2, 0.25) is 0 Å². The predicted molar refractivity (Wildman–Crippen MR) is 119 cm³/mol. The van der Waals surface area contributed by atoms with Gasteiger partial charge < -0.3 is 18.8 Å². The summed E-state index contributed by atoms with van der Waals surface area (Å²) in [6.07, 6.45) is 3.27. The molecule has 0 saturated carbocycles. The first-order chi connectivity index (χ1) is 14.7. The molecule has 0 aliphatic carbocycles. The highest BCUT2D eigenvalue weighted by Gasteiger charge is 2.31. The molecule has 4 rings (SSSR count). The molecule has 0 radical (unpaired) electrons. The van der Waals surface area contributed by atoms with Crippen molar-refractivity contribution >= 4 is 0 Å². The molecule has 1 aromatic heterocycles. The minimum atomic E-state index is 0.0542. The SMILES string of the molecule is COc1ccc([C@@H]2c3cccn3CCCN2Cc2ccc(C)cc2)c(OC)c1OC. The summed E-state index contributed by atoms with van der Waals surface area (Å²) in [5.74, 6) is 2.03. The number of fused-ring (bicyclic) bond motifs is 1. The number of benzene rings is 2. The molecule has 5 heteroatoms. The second kappa shape index (κ2) is 8.84. The second-order valence-electron chi connectivity index (χ2n) is 7.76. The highest BCUT2D eigenvalue weighted by atomic mass is 16.5. The second-order valence-corrected chi connectivity index (χ2v) is 7.76. The van der Waals surface area contributed by atoms with Crippen molar-refractivity contribution in [1.82, 2.24) is 9.47 Å². The van der Waals surface area contributed by atoms with Crippen LogP contribution in [-0.4, -0.2) is 37.3 Å². The van der Waals surface area contributed by atoms with E-state index in [0.29, 0.717) is 11.5 Å². The standard InChI is InChI=1S/C25H30N2O3/c1-18-8-10-19(11-9-18)17-27-16-6-15-26-14-5-7-21(26)23(27)20-12-13-22(28-2)25(30-4)24(20)29-3/h5,7-14,23H,6,15-17H2,1-4H3/t23-/m1/s1. The number of methoxy groups -OCH3 is 3. The van der Waals surface area contributed by atoms with E-state index in [-0.39, 0.29) is 6.04 Å². The van der Waals surface area contributed by atoms with Crippen LogP contribution in [0.25, 0.3) is 0 Å². The van der Waals surface area contributed by atoms with Gasteiger partial charge in [-0.1, -0.05) is 29.8 Å². The van der Waals surface area contributed by atoms with Crippen molar-refractivity contribution in [2.24, 2.45) is 0 Å². The molecule has 2 aromatic carbocycles. The molecule has 1 aliphatic heterocycles. The number of hydrogen-bond acceptors (Lipinski definition) is 4. The van der Waals surface area contributed by atoms with E-state index in [1.54, 1.807) is 21.3 Å². The predicted octanol–water partition coefficient (Wildman–Crippen LogP) is 4.82. The first-order valence-corrected chi connectivity index (χ1v) is 10.4. The van der Waals surface area contributed by atoms with Crippen LogP contribution in [0.5, 0.6) is 17.2 Å². The smallest absolute Gasteiger partial charge is 0.203 e. The van der Waals surface area contributed by atoms with Crippen molar-refractivity contribution in [3.8, 4) is 17.2 Å². The molecule has 0 bridgehead atoms. The molecule has 5 nitrogen and oxygen atoms in total. The lowest BCUT2D eigenvalue weighted by Gasteiger charge is -2.32. The normalized spacial score (nSPS) is 16.6. The van der Waals surface area contributed by atoms with Gasteiger partial charge in [-0.15, -0.1) is 0 Å². The summed E-state index contributed by atoms with van der Waals surface area (Å²) >= 11 is 0. The van der Waals surface area contributed by atoms with E-state index in [2.05, 4.69) is 65.1 Å². The number of aromatic nitrogens is 1. The molecular weight excluding hydrogens is 376 g/mol. The Morgan fingerprint density at radius 2 is 1.63 bits per heavy atom. The lowest BCUT2D eigenvalue weighted by molar-refractivity contribution is 0.214. The number of rotatable bonds is 6. The zero-order valence-electron chi connectivity index (χ0n) is 18.2. The molecule has 0 N–H and O–H groups in total. The Morgan fingerprint density at radius 3 is 2.33 bits per heavy atom. The maximum absolute atomic E-state index is 5.87. The van der Waals surface area contributed by atoms with Gasteiger partial charge in [0, 0.05) is 37.1 Å². The molecule has 0 fully saturated rings. The van der Waals surface area contributed by atoms with Crippen molar-refractivity contribution in [3.05, 3.63) is 77.1 Å². The number of hydrogen-bond donors (Lipinski definition) is 0. The Labute approximate surface area is 178 Å². The van der Waals surface area contributed by atoms with Gasteiger partial charge in [0.2, 0.25) is 5.75 Å². The molecule has 3 aromatic rings. The summed E-state index contributed by atoms with van der Waals surface area (Å²) in [5.41, 5.74) is 4.95. The van der Waals surface area contributed by atoms with Crippen LogP contribution in [0.3, 0.4) is 0 Å². The van der Waals surface area contributed by atoms with Crippen LogP contribution >= 0.6 is 0 Å². The van der Waals surface area contributed by atoms with Crippen molar-refractivity contribution in [2.45, 2.75) is 32.5 Å². The molecule has 30 heavy (non-hydrogen) atoms. The van der Waals surface area contributed by atoms with E-state index in [4.69, 9.17) is 14.2 Å². The fourth-order valence-corrected chi connectivity index (χ4v) is 4.43. The van der Waals surface area contributed by atoms with Crippen LogP contribution in [0.15, 0.2) is 54.7 Å². The highest BCUT2D eigenvalue weighted by molar-refractivity contribution is 5.58. The first-order valence-electron chi connectivity index (χ1n) is 10.4.